The Kier molecular flexibility index (Phi) is 3.47. The van der Waals surface area contributed by atoms with Gasteiger partial charge in [-0.05, 0) is 52.8 Å². The molecular weight excluding hydrogens is 294 g/mol. The highest BCUT2D eigenvalue weighted by Gasteiger charge is 2.02. The molecule has 11 heavy (non-hydrogen) atoms. The van der Waals surface area contributed by atoms with Crippen LogP contribution < -0.4 is 0 Å². The zero-order valence-corrected chi connectivity index (χ0v) is 9.67. The average molecular weight is 301 g/mol. The quantitative estimate of drug-likeness (QED) is 0.543. The van der Waals surface area contributed by atoms with Crippen molar-refractivity contribution in [2.75, 3.05) is 0 Å². The zero-order valence-electron chi connectivity index (χ0n) is 6.00. The summed E-state index contributed by atoms with van der Waals surface area (Å²) in [6, 6.07) is 3.85. The number of alkyl halides is 1. The second-order valence-corrected chi connectivity index (χ2v) is 4.11. The molecule has 0 aromatic heterocycles. The van der Waals surface area contributed by atoms with Crippen LogP contribution >= 0.6 is 45.8 Å². The molecule has 3 heteroatoms. The number of aryl methyl sites for hydroxylation is 1. The lowest BCUT2D eigenvalue weighted by molar-refractivity contribution is 1.30. The van der Waals surface area contributed by atoms with E-state index in [1.807, 2.05) is 19.1 Å². The molecule has 0 aliphatic carbocycles. The molecule has 0 saturated carbocycles. The molecule has 1 aromatic rings. The predicted octanol–water partition coefficient (Wildman–Crippen LogP) is 3.99. The third-order valence-corrected chi connectivity index (χ3v) is 3.49. The molecule has 0 atom stereocenters. The van der Waals surface area contributed by atoms with E-state index in [1.54, 1.807) is 0 Å². The Morgan fingerprint density at radius 3 is 2.64 bits per heavy atom. The molecule has 0 amide bonds. The van der Waals surface area contributed by atoms with Crippen molar-refractivity contribution in [3.05, 3.63) is 31.9 Å². The van der Waals surface area contributed by atoms with Crippen LogP contribution in [0.15, 0.2) is 12.1 Å². The van der Waals surface area contributed by atoms with Crippen LogP contribution in [-0.4, -0.2) is 0 Å². The van der Waals surface area contributed by atoms with Crippen LogP contribution in [0.2, 0.25) is 5.02 Å². The minimum Gasteiger partial charge on any atom is -0.122 e. The molecule has 60 valence electrons. The van der Waals surface area contributed by atoms with E-state index in [2.05, 4.69) is 22.6 Å². The number of rotatable bonds is 1. The second kappa shape index (κ2) is 3.97. The van der Waals surface area contributed by atoms with E-state index in [4.69, 9.17) is 23.2 Å². The third-order valence-electron chi connectivity index (χ3n) is 1.44. The first-order valence-electron chi connectivity index (χ1n) is 3.15. The molecular formula is C8H7Cl2I. The number of hydrogen-bond acceptors (Lipinski definition) is 0. The van der Waals surface area contributed by atoms with Gasteiger partial charge in [-0.2, -0.15) is 0 Å². The molecule has 0 aliphatic rings. The van der Waals surface area contributed by atoms with Crippen molar-refractivity contribution >= 4 is 45.8 Å². The molecule has 0 bridgehead atoms. The molecule has 0 heterocycles. The molecule has 0 spiro atoms. The predicted molar refractivity (Wildman–Crippen MR) is 58.5 cm³/mol. The minimum absolute atomic E-state index is 0.527. The van der Waals surface area contributed by atoms with Gasteiger partial charge in [-0.3, -0.25) is 0 Å². The van der Waals surface area contributed by atoms with Crippen molar-refractivity contribution in [3.8, 4) is 0 Å². The second-order valence-electron chi connectivity index (χ2n) is 2.33. The number of halogens is 3. The van der Waals surface area contributed by atoms with Crippen LogP contribution in [0.1, 0.15) is 11.1 Å². The zero-order chi connectivity index (χ0) is 8.43. The summed E-state index contributed by atoms with van der Waals surface area (Å²) in [6.07, 6.45) is 0. The number of hydrogen-bond donors (Lipinski definition) is 0. The first-order valence-corrected chi connectivity index (χ1v) is 5.14. The molecule has 1 aromatic carbocycles. The smallest absolute Gasteiger partial charge is 0.0485 e. The highest BCUT2D eigenvalue weighted by molar-refractivity contribution is 14.1. The van der Waals surface area contributed by atoms with E-state index in [0.29, 0.717) is 5.88 Å². The molecule has 0 unspecified atom stereocenters. The maximum atomic E-state index is 5.84. The Balaban J connectivity index is 3.24. The number of benzene rings is 1. The summed E-state index contributed by atoms with van der Waals surface area (Å²) < 4.78 is 1.21. The van der Waals surface area contributed by atoms with E-state index in [1.165, 1.54) is 9.13 Å². The highest BCUT2D eigenvalue weighted by atomic mass is 127. The summed E-state index contributed by atoms with van der Waals surface area (Å²) in [5.41, 5.74) is 2.30. The Labute approximate surface area is 90.0 Å². The lowest BCUT2D eigenvalue weighted by Crippen LogP contribution is -1.88. The maximum absolute atomic E-state index is 5.84. The average Bonchev–Trinajstić information content (AvgIpc) is 1.96. The first-order chi connectivity index (χ1) is 5.15. The van der Waals surface area contributed by atoms with Crippen LogP contribution in [0.25, 0.3) is 0 Å². The van der Waals surface area contributed by atoms with Gasteiger partial charge in [-0.1, -0.05) is 11.6 Å². The van der Waals surface area contributed by atoms with Gasteiger partial charge in [-0.15, -0.1) is 11.6 Å². The largest absolute Gasteiger partial charge is 0.122 e. The fourth-order valence-corrected chi connectivity index (χ4v) is 2.13. The van der Waals surface area contributed by atoms with Gasteiger partial charge in [0.25, 0.3) is 0 Å². The molecule has 0 N–H and O–H groups in total. The Bertz CT molecular complexity index is 271. The SMILES string of the molecule is Cc1cc(Cl)cc(CCl)c1I. The lowest BCUT2D eigenvalue weighted by Gasteiger charge is -2.04. The topological polar surface area (TPSA) is 0 Å². The van der Waals surface area contributed by atoms with Gasteiger partial charge >= 0.3 is 0 Å². The Morgan fingerprint density at radius 1 is 1.45 bits per heavy atom. The minimum atomic E-state index is 0.527. The third kappa shape index (κ3) is 2.23. The van der Waals surface area contributed by atoms with E-state index >= 15 is 0 Å². The van der Waals surface area contributed by atoms with Crippen LogP contribution in [0, 0.1) is 10.5 Å². The van der Waals surface area contributed by atoms with E-state index < -0.39 is 0 Å². The van der Waals surface area contributed by atoms with Crippen LogP contribution in [0.3, 0.4) is 0 Å². The first kappa shape index (κ1) is 9.62. The monoisotopic (exact) mass is 300 g/mol. The standard InChI is InChI=1S/C8H7Cl2I/c1-5-2-7(10)3-6(4-9)8(5)11/h2-3H,4H2,1H3. The Morgan fingerprint density at radius 2 is 2.09 bits per heavy atom. The summed E-state index contributed by atoms with van der Waals surface area (Å²) >= 11 is 13.8. The summed E-state index contributed by atoms with van der Waals surface area (Å²) in [6.45, 7) is 2.03. The van der Waals surface area contributed by atoms with Gasteiger partial charge in [0.05, 0.1) is 0 Å². The van der Waals surface area contributed by atoms with E-state index in [9.17, 15) is 0 Å². The van der Waals surface area contributed by atoms with Crippen LogP contribution in [-0.2, 0) is 5.88 Å². The normalized spacial score (nSPS) is 10.2. The van der Waals surface area contributed by atoms with Crippen LogP contribution in [0.5, 0.6) is 0 Å². The summed E-state index contributed by atoms with van der Waals surface area (Å²) in [4.78, 5) is 0. The Hall–Kier alpha value is 0.530. The molecule has 1 rings (SSSR count). The van der Waals surface area contributed by atoms with Gasteiger partial charge in [0.1, 0.15) is 0 Å². The molecule has 0 nitrogen and oxygen atoms in total. The van der Waals surface area contributed by atoms with Crippen molar-refractivity contribution < 1.29 is 0 Å². The molecule has 0 radical (unpaired) electrons. The van der Waals surface area contributed by atoms with Gasteiger partial charge < -0.3 is 0 Å². The summed E-state index contributed by atoms with van der Waals surface area (Å²) in [5, 5.41) is 0.763. The van der Waals surface area contributed by atoms with E-state index in [0.717, 1.165) is 10.6 Å². The van der Waals surface area contributed by atoms with Gasteiger partial charge in [-0.25, -0.2) is 0 Å². The van der Waals surface area contributed by atoms with Gasteiger partial charge in [0.15, 0.2) is 0 Å². The van der Waals surface area contributed by atoms with Crippen molar-refractivity contribution in [1.29, 1.82) is 0 Å². The van der Waals surface area contributed by atoms with Crippen LogP contribution in [0.4, 0.5) is 0 Å². The van der Waals surface area contributed by atoms with Gasteiger partial charge in [0, 0.05) is 14.5 Å². The van der Waals surface area contributed by atoms with E-state index in [-0.39, 0.29) is 0 Å². The van der Waals surface area contributed by atoms with Crippen molar-refractivity contribution in [1.82, 2.24) is 0 Å². The molecule has 0 fully saturated rings. The lowest BCUT2D eigenvalue weighted by atomic mass is 10.2. The van der Waals surface area contributed by atoms with Crippen molar-refractivity contribution in [2.45, 2.75) is 12.8 Å². The van der Waals surface area contributed by atoms with Crippen molar-refractivity contribution in [2.24, 2.45) is 0 Å². The highest BCUT2D eigenvalue weighted by Crippen LogP contribution is 2.23. The fraction of sp³-hybridized carbons (Fsp3) is 0.250. The summed E-state index contributed by atoms with van der Waals surface area (Å²) in [5.74, 6) is 0.527. The van der Waals surface area contributed by atoms with Gasteiger partial charge in [0.2, 0.25) is 0 Å². The maximum Gasteiger partial charge on any atom is 0.0485 e. The summed E-state index contributed by atoms with van der Waals surface area (Å²) in [7, 11) is 0. The fourth-order valence-electron chi connectivity index (χ4n) is 0.892. The molecule has 0 saturated heterocycles. The van der Waals surface area contributed by atoms with Crippen molar-refractivity contribution in [3.63, 3.8) is 0 Å². The molecule has 0 aliphatic heterocycles.